The molecule has 1 aliphatic carbocycles. The average molecular weight is 574 g/mol. The third-order valence-corrected chi connectivity index (χ3v) is 9.52. The number of hydrogen-bond donors (Lipinski definition) is 4. The molecule has 0 radical (unpaired) electrons. The van der Waals surface area contributed by atoms with E-state index in [1.165, 1.54) is 0 Å². The molecular weight excluding hydrogens is 542 g/mol. The highest BCUT2D eigenvalue weighted by atomic mass is 32.2. The van der Waals surface area contributed by atoms with Crippen LogP contribution in [0.3, 0.4) is 0 Å². The van der Waals surface area contributed by atoms with Gasteiger partial charge in [0.1, 0.15) is 5.01 Å². The fraction of sp³-hybridized carbons (Fsp3) is 0.407. The highest BCUT2D eigenvalue weighted by Crippen LogP contribution is 2.34. The third-order valence-electron chi connectivity index (χ3n) is 6.26. The number of aromatic nitrogens is 1. The Morgan fingerprint density at radius 1 is 1.03 bits per heavy atom. The van der Waals surface area contributed by atoms with E-state index in [1.807, 2.05) is 12.1 Å². The molecule has 1 aromatic heterocycles. The van der Waals surface area contributed by atoms with Crippen molar-refractivity contribution in [1.29, 1.82) is 0 Å². The monoisotopic (exact) mass is 573 g/mol. The summed E-state index contributed by atoms with van der Waals surface area (Å²) in [6.07, 6.45) is 2.37. The van der Waals surface area contributed by atoms with Crippen LogP contribution in [0.5, 0.6) is 0 Å². The van der Waals surface area contributed by atoms with Gasteiger partial charge >= 0.3 is 0 Å². The standard InChI is InChI=1S/C27H31N3O7S2/c31-11-2-6-22(33)19-5-1-4-17(14-19)18-7-10-23-21(15-18)30-27(38-23)25(39(36,37)13-3-12-32)26(35)28-16-24(34)29-20-8-9-20/h1,4-5,7,10,14-15,20,25,31-32H,2-3,6,8-9,11-13,16H2,(H,28,35)(H,29,34). The van der Waals surface area contributed by atoms with Crippen molar-refractivity contribution in [2.24, 2.45) is 0 Å². The van der Waals surface area contributed by atoms with Gasteiger partial charge in [0.25, 0.3) is 0 Å². The van der Waals surface area contributed by atoms with Crippen LogP contribution in [0.2, 0.25) is 0 Å². The van der Waals surface area contributed by atoms with Crippen molar-refractivity contribution in [3.63, 3.8) is 0 Å². The summed E-state index contributed by atoms with van der Waals surface area (Å²) in [5, 5.41) is 21.8. The van der Waals surface area contributed by atoms with E-state index >= 15 is 0 Å². The van der Waals surface area contributed by atoms with Crippen LogP contribution >= 0.6 is 11.3 Å². The van der Waals surface area contributed by atoms with Crippen molar-refractivity contribution < 1.29 is 33.0 Å². The van der Waals surface area contributed by atoms with Crippen LogP contribution < -0.4 is 10.6 Å². The van der Waals surface area contributed by atoms with Gasteiger partial charge in [-0.15, -0.1) is 11.3 Å². The van der Waals surface area contributed by atoms with Crippen LogP contribution in [-0.4, -0.2) is 72.8 Å². The first-order chi connectivity index (χ1) is 18.7. The maximum Gasteiger partial charge on any atom is 0.245 e. The zero-order chi connectivity index (χ0) is 28.0. The molecule has 4 rings (SSSR count). The van der Waals surface area contributed by atoms with Crippen LogP contribution in [0.1, 0.15) is 52.7 Å². The molecule has 0 aliphatic heterocycles. The second-order valence-electron chi connectivity index (χ2n) is 9.45. The highest BCUT2D eigenvalue weighted by molar-refractivity contribution is 7.92. The number of rotatable bonds is 14. The number of aliphatic hydroxyl groups excluding tert-OH is 2. The number of hydrogen-bond acceptors (Lipinski definition) is 9. The third kappa shape index (κ3) is 7.47. The zero-order valence-electron chi connectivity index (χ0n) is 21.3. The van der Waals surface area contributed by atoms with E-state index in [0.29, 0.717) is 22.2 Å². The number of amides is 2. The number of aliphatic hydroxyl groups is 2. The van der Waals surface area contributed by atoms with Crippen molar-refractivity contribution in [3.8, 4) is 11.1 Å². The van der Waals surface area contributed by atoms with E-state index in [1.54, 1.807) is 30.3 Å². The Balaban J connectivity index is 1.61. The first-order valence-corrected chi connectivity index (χ1v) is 15.3. The van der Waals surface area contributed by atoms with Crippen LogP contribution in [-0.2, 0) is 19.4 Å². The van der Waals surface area contributed by atoms with E-state index in [9.17, 15) is 27.9 Å². The Morgan fingerprint density at radius 2 is 1.77 bits per heavy atom. The van der Waals surface area contributed by atoms with Crippen LogP contribution in [0.25, 0.3) is 21.3 Å². The van der Waals surface area contributed by atoms with Crippen molar-refractivity contribution in [2.45, 2.75) is 43.4 Å². The van der Waals surface area contributed by atoms with Gasteiger partial charge in [-0.1, -0.05) is 24.3 Å². The number of nitrogens with one attached hydrogen (secondary N) is 2. The minimum absolute atomic E-state index is 0.0311. The van der Waals surface area contributed by atoms with Crippen molar-refractivity contribution in [2.75, 3.05) is 25.5 Å². The van der Waals surface area contributed by atoms with Gasteiger partial charge in [-0.05, 0) is 55.0 Å². The fourth-order valence-corrected chi connectivity index (χ4v) is 7.12. The van der Waals surface area contributed by atoms with Gasteiger partial charge < -0.3 is 20.8 Å². The largest absolute Gasteiger partial charge is 0.396 e. The molecule has 1 fully saturated rings. The number of ketones is 1. The van der Waals surface area contributed by atoms with Crippen LogP contribution in [0.4, 0.5) is 0 Å². The lowest BCUT2D eigenvalue weighted by Gasteiger charge is -2.15. The molecule has 0 bridgehead atoms. The topological polar surface area (TPSA) is 163 Å². The summed E-state index contributed by atoms with van der Waals surface area (Å²) < 4.78 is 27.0. The van der Waals surface area contributed by atoms with E-state index < -0.39 is 26.7 Å². The maximum absolute atomic E-state index is 13.2. The average Bonchev–Trinajstić information content (AvgIpc) is 3.64. The quantitative estimate of drug-likeness (QED) is 0.213. The molecule has 4 N–H and O–H groups in total. The zero-order valence-corrected chi connectivity index (χ0v) is 22.9. The fourth-order valence-electron chi connectivity index (χ4n) is 4.07. The number of benzene rings is 2. The smallest absolute Gasteiger partial charge is 0.245 e. The summed E-state index contributed by atoms with van der Waals surface area (Å²) in [4.78, 5) is 42.0. The van der Waals surface area contributed by atoms with Gasteiger partial charge in [-0.2, -0.15) is 0 Å². The minimum Gasteiger partial charge on any atom is -0.396 e. The molecule has 2 amide bonds. The Bertz CT molecular complexity index is 1470. The number of Topliss-reactive ketones (excluding diaryl/α,β-unsaturated/α-hetero) is 1. The lowest BCUT2D eigenvalue weighted by Crippen LogP contribution is -2.41. The van der Waals surface area contributed by atoms with Gasteiger partial charge in [0, 0.05) is 31.2 Å². The van der Waals surface area contributed by atoms with Crippen molar-refractivity contribution in [3.05, 3.63) is 53.0 Å². The van der Waals surface area contributed by atoms with Crippen molar-refractivity contribution in [1.82, 2.24) is 15.6 Å². The molecule has 0 saturated heterocycles. The summed E-state index contributed by atoms with van der Waals surface area (Å²) in [5.74, 6) is -1.71. The molecule has 208 valence electrons. The molecule has 12 heteroatoms. The molecule has 0 spiro atoms. The summed E-state index contributed by atoms with van der Waals surface area (Å²) in [5.41, 5.74) is 2.55. The van der Waals surface area contributed by atoms with Gasteiger partial charge in [0.05, 0.1) is 22.5 Å². The number of sulfone groups is 1. The van der Waals surface area contributed by atoms with E-state index in [2.05, 4.69) is 15.6 Å². The van der Waals surface area contributed by atoms with Crippen LogP contribution in [0, 0.1) is 0 Å². The van der Waals surface area contributed by atoms with E-state index in [4.69, 9.17) is 5.11 Å². The Morgan fingerprint density at radius 3 is 2.49 bits per heavy atom. The molecular formula is C27H31N3O7S2. The molecule has 2 aromatic carbocycles. The first kappa shape index (κ1) is 28.8. The lowest BCUT2D eigenvalue weighted by atomic mass is 9.99. The SMILES string of the molecule is O=C(CNC(=O)C(c1nc2cc(-c3cccc(C(=O)CCCO)c3)ccc2s1)S(=O)(=O)CCCO)NC1CC1. The predicted molar refractivity (Wildman–Crippen MR) is 148 cm³/mol. The molecule has 1 saturated carbocycles. The number of fused-ring (bicyclic) bond motifs is 1. The summed E-state index contributed by atoms with van der Waals surface area (Å²) in [6.45, 7) is -0.747. The van der Waals surface area contributed by atoms with Gasteiger partial charge in [-0.3, -0.25) is 14.4 Å². The number of nitrogens with zero attached hydrogens (tertiary/aromatic N) is 1. The van der Waals surface area contributed by atoms with Gasteiger partial charge in [-0.25, -0.2) is 13.4 Å². The first-order valence-electron chi connectivity index (χ1n) is 12.8. The van der Waals surface area contributed by atoms with Crippen LogP contribution in [0.15, 0.2) is 42.5 Å². The Kier molecular flexibility index (Phi) is 9.44. The Hall–Kier alpha value is -3.19. The molecule has 39 heavy (non-hydrogen) atoms. The predicted octanol–water partition coefficient (Wildman–Crippen LogP) is 2.15. The van der Waals surface area contributed by atoms with Crippen molar-refractivity contribution >= 4 is 49.0 Å². The molecule has 1 heterocycles. The van der Waals surface area contributed by atoms with E-state index in [-0.39, 0.29) is 55.3 Å². The lowest BCUT2D eigenvalue weighted by molar-refractivity contribution is -0.126. The number of thiazole rings is 1. The molecule has 10 nitrogen and oxygen atoms in total. The molecule has 1 atom stereocenters. The number of carbonyl (C=O) groups is 3. The van der Waals surface area contributed by atoms with Gasteiger partial charge in [0.2, 0.25) is 11.8 Å². The summed E-state index contributed by atoms with van der Waals surface area (Å²) >= 11 is 1.08. The molecule has 1 unspecified atom stereocenters. The Labute approximate surface area is 230 Å². The van der Waals surface area contributed by atoms with Gasteiger partial charge in [0.15, 0.2) is 20.9 Å². The number of carbonyl (C=O) groups excluding carboxylic acids is 3. The second-order valence-corrected chi connectivity index (χ2v) is 12.7. The van der Waals surface area contributed by atoms with E-state index in [0.717, 1.165) is 35.3 Å². The summed E-state index contributed by atoms with van der Waals surface area (Å²) in [6, 6.07) is 12.6. The minimum atomic E-state index is -4.04. The summed E-state index contributed by atoms with van der Waals surface area (Å²) in [7, 11) is -4.04. The molecule has 1 aliphatic rings. The second kappa shape index (κ2) is 12.8. The highest BCUT2D eigenvalue weighted by Gasteiger charge is 2.37. The molecule has 3 aromatic rings. The maximum atomic E-state index is 13.2. The normalized spacial score (nSPS) is 14.2.